The van der Waals surface area contributed by atoms with Crippen LogP contribution < -0.4 is 20.9 Å². The Labute approximate surface area is 217 Å². The van der Waals surface area contributed by atoms with Crippen LogP contribution in [0.4, 0.5) is 17.1 Å². The zero-order valence-electron chi connectivity index (χ0n) is 22.2. The van der Waals surface area contributed by atoms with E-state index in [1.807, 2.05) is 0 Å². The molecule has 0 bridgehead atoms. The van der Waals surface area contributed by atoms with Gasteiger partial charge in [0, 0.05) is 24.8 Å². The Kier molecular flexibility index (Phi) is 7.73. The molecular formula is C31H44N4O. The van der Waals surface area contributed by atoms with Crippen molar-refractivity contribution in [2.75, 3.05) is 28.6 Å². The highest BCUT2D eigenvalue weighted by Gasteiger charge is 2.52. The van der Waals surface area contributed by atoms with Crippen molar-refractivity contribution < 1.29 is 4.79 Å². The van der Waals surface area contributed by atoms with Crippen molar-refractivity contribution in [3.8, 4) is 0 Å². The van der Waals surface area contributed by atoms with Crippen LogP contribution in [0.3, 0.4) is 0 Å². The fourth-order valence-corrected chi connectivity index (χ4v) is 6.93. The van der Waals surface area contributed by atoms with Crippen LogP contribution in [-0.2, 0) is 10.5 Å². The molecule has 3 aliphatic rings. The number of carbonyl (C=O) groups is 1. The van der Waals surface area contributed by atoms with Crippen molar-refractivity contribution in [1.29, 1.82) is 0 Å². The lowest BCUT2D eigenvalue weighted by molar-refractivity contribution is -0.130. The summed E-state index contributed by atoms with van der Waals surface area (Å²) in [6.45, 7) is 6.36. The maximum absolute atomic E-state index is 14.3. The molecule has 1 atom stereocenters. The summed E-state index contributed by atoms with van der Waals surface area (Å²) in [5.74, 6) is 0.375. The molecule has 0 radical (unpaired) electrons. The Hall–Kier alpha value is -2.69. The predicted octanol–water partition coefficient (Wildman–Crippen LogP) is 6.87. The molecule has 0 spiro atoms. The van der Waals surface area contributed by atoms with Crippen LogP contribution >= 0.6 is 0 Å². The van der Waals surface area contributed by atoms with Gasteiger partial charge in [0.15, 0.2) is 0 Å². The van der Waals surface area contributed by atoms with Crippen LogP contribution in [-0.4, -0.2) is 25.0 Å². The number of para-hydroxylation sites is 2. The summed E-state index contributed by atoms with van der Waals surface area (Å²) in [6.07, 6.45) is 11.9. The van der Waals surface area contributed by atoms with Crippen molar-refractivity contribution in [3.05, 3.63) is 54.1 Å². The molecule has 36 heavy (non-hydrogen) atoms. The molecule has 5 heteroatoms. The van der Waals surface area contributed by atoms with Gasteiger partial charge in [-0.25, -0.2) is 0 Å². The molecule has 2 aliphatic carbocycles. The zero-order chi connectivity index (χ0) is 25.0. The molecule has 0 aromatic heterocycles. The van der Waals surface area contributed by atoms with Gasteiger partial charge in [0.2, 0.25) is 5.91 Å². The first-order valence-corrected chi connectivity index (χ1v) is 14.5. The second-order valence-corrected chi connectivity index (χ2v) is 11.0. The maximum Gasteiger partial charge on any atom is 0.228 e. The van der Waals surface area contributed by atoms with E-state index in [9.17, 15) is 4.79 Å². The fourth-order valence-electron chi connectivity index (χ4n) is 6.93. The third-order valence-electron chi connectivity index (χ3n) is 8.86. The van der Waals surface area contributed by atoms with Gasteiger partial charge in [0.1, 0.15) is 5.66 Å². The van der Waals surface area contributed by atoms with E-state index in [1.54, 1.807) is 0 Å². The second-order valence-electron chi connectivity index (χ2n) is 11.0. The molecule has 2 aromatic carbocycles. The summed E-state index contributed by atoms with van der Waals surface area (Å²) in [6, 6.07) is 17.7. The molecule has 2 saturated carbocycles. The fraction of sp³-hybridized carbons (Fsp3) is 0.581. The van der Waals surface area contributed by atoms with Gasteiger partial charge in [-0.2, -0.15) is 0 Å². The van der Waals surface area contributed by atoms with Gasteiger partial charge in [-0.3, -0.25) is 4.79 Å². The second kappa shape index (κ2) is 11.1. The van der Waals surface area contributed by atoms with Gasteiger partial charge < -0.3 is 20.9 Å². The minimum Gasteiger partial charge on any atom is -0.372 e. The zero-order valence-corrected chi connectivity index (χ0v) is 22.2. The number of nitrogens with zero attached hydrogens (tertiary/aromatic N) is 1. The predicted molar refractivity (Wildman–Crippen MR) is 150 cm³/mol. The van der Waals surface area contributed by atoms with E-state index in [0.717, 1.165) is 55.7 Å². The Bertz CT molecular complexity index is 978. The normalized spacial score (nSPS) is 20.6. The molecule has 5 rings (SSSR count). The lowest BCUT2D eigenvalue weighted by atomic mass is 9.71. The Balaban J connectivity index is 1.55. The van der Waals surface area contributed by atoms with E-state index < -0.39 is 5.66 Å². The van der Waals surface area contributed by atoms with E-state index >= 15 is 0 Å². The van der Waals surface area contributed by atoms with Crippen LogP contribution in [0.2, 0.25) is 0 Å². The minimum atomic E-state index is -0.660. The van der Waals surface area contributed by atoms with Gasteiger partial charge in [-0.05, 0) is 75.3 Å². The highest BCUT2D eigenvalue weighted by molar-refractivity contribution is 5.86. The first-order chi connectivity index (χ1) is 17.6. The summed E-state index contributed by atoms with van der Waals surface area (Å²) in [5.41, 5.74) is 3.87. The van der Waals surface area contributed by atoms with Crippen LogP contribution in [0.25, 0.3) is 0 Å². The largest absolute Gasteiger partial charge is 0.372 e. The number of rotatable bonds is 8. The number of hydrogen-bond donors (Lipinski definition) is 3. The summed E-state index contributed by atoms with van der Waals surface area (Å²) in [4.78, 5) is 16.7. The van der Waals surface area contributed by atoms with Crippen LogP contribution in [0.15, 0.2) is 48.5 Å². The molecule has 2 aromatic rings. The quantitative estimate of drug-likeness (QED) is 0.380. The average Bonchev–Trinajstić information content (AvgIpc) is 3.31. The Morgan fingerprint density at radius 2 is 1.42 bits per heavy atom. The van der Waals surface area contributed by atoms with Crippen molar-refractivity contribution in [2.45, 2.75) is 89.8 Å². The summed E-state index contributed by atoms with van der Waals surface area (Å²) in [7, 11) is 0. The number of fused-ring (bicyclic) bond motifs is 1. The number of carbonyl (C=O) groups excluding carboxylic acids is 1. The SMILES string of the molecule is CCN(CC)c1ccc(C2(C(C(=O)NC3CCCCC3)C3CCCCC3)Nc3ccccc3N2)cc1. The summed E-state index contributed by atoms with van der Waals surface area (Å²) in [5, 5.41) is 11.3. The molecule has 1 heterocycles. The van der Waals surface area contributed by atoms with Crippen molar-refractivity contribution in [3.63, 3.8) is 0 Å². The number of hydrogen-bond acceptors (Lipinski definition) is 4. The number of amides is 1. The molecule has 1 aliphatic heterocycles. The maximum atomic E-state index is 14.3. The highest BCUT2D eigenvalue weighted by Crippen LogP contribution is 2.49. The molecule has 2 fully saturated rings. The molecule has 5 nitrogen and oxygen atoms in total. The minimum absolute atomic E-state index is 0.188. The third kappa shape index (κ3) is 4.94. The van der Waals surface area contributed by atoms with Crippen LogP contribution in [0.1, 0.15) is 83.6 Å². The van der Waals surface area contributed by atoms with E-state index in [4.69, 9.17) is 0 Å². The van der Waals surface area contributed by atoms with Gasteiger partial charge in [0.25, 0.3) is 0 Å². The first kappa shape index (κ1) is 25.0. The molecule has 194 valence electrons. The van der Waals surface area contributed by atoms with Crippen molar-refractivity contribution in [1.82, 2.24) is 5.32 Å². The molecule has 1 unspecified atom stereocenters. The topological polar surface area (TPSA) is 56.4 Å². The van der Waals surface area contributed by atoms with Crippen molar-refractivity contribution >= 4 is 23.0 Å². The average molecular weight is 489 g/mol. The van der Waals surface area contributed by atoms with E-state index in [-0.39, 0.29) is 11.8 Å². The standard InChI is InChI=1S/C31H44N4O/c1-3-35(4-2)26-21-19-24(20-22-26)31(33-27-17-11-12-18-28(27)34-31)29(23-13-7-5-8-14-23)30(36)32-25-15-9-6-10-16-25/h11-12,17-23,25,29,33-34H,3-10,13-16H2,1-2H3,(H,32,36). The molecular weight excluding hydrogens is 444 g/mol. The monoisotopic (exact) mass is 488 g/mol. The smallest absolute Gasteiger partial charge is 0.228 e. The Morgan fingerprint density at radius 1 is 0.861 bits per heavy atom. The summed E-state index contributed by atoms with van der Waals surface area (Å²) >= 11 is 0. The van der Waals surface area contributed by atoms with Gasteiger partial charge >= 0.3 is 0 Å². The molecule has 3 N–H and O–H groups in total. The lowest BCUT2D eigenvalue weighted by Crippen LogP contribution is -2.56. The van der Waals surface area contributed by atoms with E-state index in [2.05, 4.69) is 83.2 Å². The van der Waals surface area contributed by atoms with Gasteiger partial charge in [0.05, 0.1) is 17.3 Å². The van der Waals surface area contributed by atoms with E-state index in [0.29, 0.717) is 12.0 Å². The highest BCUT2D eigenvalue weighted by atomic mass is 16.2. The number of benzene rings is 2. The first-order valence-electron chi connectivity index (χ1n) is 14.5. The van der Waals surface area contributed by atoms with Crippen LogP contribution in [0, 0.1) is 11.8 Å². The Morgan fingerprint density at radius 3 is 1.97 bits per heavy atom. The molecule has 1 amide bonds. The van der Waals surface area contributed by atoms with Gasteiger partial charge in [-0.1, -0.05) is 62.8 Å². The summed E-state index contributed by atoms with van der Waals surface area (Å²) < 4.78 is 0. The molecule has 0 saturated heterocycles. The van der Waals surface area contributed by atoms with Crippen molar-refractivity contribution in [2.24, 2.45) is 11.8 Å². The van der Waals surface area contributed by atoms with E-state index in [1.165, 1.54) is 44.2 Å². The van der Waals surface area contributed by atoms with Crippen LogP contribution in [0.5, 0.6) is 0 Å². The van der Waals surface area contributed by atoms with Gasteiger partial charge in [-0.15, -0.1) is 0 Å². The third-order valence-corrected chi connectivity index (χ3v) is 8.86. The lowest BCUT2D eigenvalue weighted by Gasteiger charge is -2.44. The number of nitrogens with one attached hydrogen (secondary N) is 3. The number of anilines is 3.